The summed E-state index contributed by atoms with van der Waals surface area (Å²) in [6.45, 7) is 3.56. The van der Waals surface area contributed by atoms with Crippen LogP contribution >= 0.6 is 39.9 Å². The van der Waals surface area contributed by atoms with E-state index in [0.29, 0.717) is 12.6 Å². The number of hydrogen-bond acceptors (Lipinski definition) is 2. The van der Waals surface area contributed by atoms with Crippen molar-refractivity contribution in [1.82, 2.24) is 10.6 Å². The van der Waals surface area contributed by atoms with Gasteiger partial charge in [-0.2, -0.15) is 0 Å². The van der Waals surface area contributed by atoms with Crippen molar-refractivity contribution >= 4 is 45.9 Å². The predicted molar refractivity (Wildman–Crippen MR) is 106 cm³/mol. The SMILES string of the molecule is CCNC(=NCc1cc(Br)ccc1OC)NC1CCCC1.I. The quantitative estimate of drug-likeness (QED) is 0.378. The van der Waals surface area contributed by atoms with Gasteiger partial charge in [-0.15, -0.1) is 24.0 Å². The number of ether oxygens (including phenoxy) is 1. The Hall–Kier alpha value is -0.500. The number of rotatable bonds is 5. The van der Waals surface area contributed by atoms with Crippen LogP contribution in [0.4, 0.5) is 0 Å². The van der Waals surface area contributed by atoms with Gasteiger partial charge in [0.1, 0.15) is 5.75 Å². The van der Waals surface area contributed by atoms with Crippen LogP contribution in [0.1, 0.15) is 38.2 Å². The fourth-order valence-corrected chi connectivity index (χ4v) is 3.03. The van der Waals surface area contributed by atoms with Crippen LogP contribution in [0.5, 0.6) is 5.75 Å². The molecule has 2 N–H and O–H groups in total. The van der Waals surface area contributed by atoms with Gasteiger partial charge in [0.05, 0.1) is 13.7 Å². The molecule has 2 rings (SSSR count). The van der Waals surface area contributed by atoms with Crippen LogP contribution in [0.15, 0.2) is 27.7 Å². The fraction of sp³-hybridized carbons (Fsp3) is 0.562. The van der Waals surface area contributed by atoms with Gasteiger partial charge in [-0.05, 0) is 38.0 Å². The Labute approximate surface area is 158 Å². The molecule has 22 heavy (non-hydrogen) atoms. The van der Waals surface area contributed by atoms with Crippen molar-refractivity contribution in [3.63, 3.8) is 0 Å². The van der Waals surface area contributed by atoms with Gasteiger partial charge < -0.3 is 15.4 Å². The summed E-state index contributed by atoms with van der Waals surface area (Å²) in [5.74, 6) is 1.77. The molecule has 124 valence electrons. The Bertz CT molecular complexity index is 490. The van der Waals surface area contributed by atoms with Gasteiger partial charge in [-0.3, -0.25) is 0 Å². The number of benzene rings is 1. The maximum Gasteiger partial charge on any atom is 0.191 e. The molecule has 1 aromatic carbocycles. The molecule has 4 nitrogen and oxygen atoms in total. The second-order valence-electron chi connectivity index (χ2n) is 5.28. The largest absolute Gasteiger partial charge is 0.496 e. The highest BCUT2D eigenvalue weighted by Crippen LogP contribution is 2.23. The number of guanidine groups is 1. The molecule has 0 atom stereocenters. The molecule has 1 saturated carbocycles. The Morgan fingerprint density at radius 3 is 2.73 bits per heavy atom. The van der Waals surface area contributed by atoms with Crippen molar-refractivity contribution in [3.8, 4) is 5.75 Å². The molecule has 0 radical (unpaired) electrons. The zero-order chi connectivity index (χ0) is 15.1. The van der Waals surface area contributed by atoms with E-state index in [2.05, 4.69) is 39.6 Å². The zero-order valence-electron chi connectivity index (χ0n) is 13.2. The van der Waals surface area contributed by atoms with E-state index in [1.54, 1.807) is 7.11 Å². The summed E-state index contributed by atoms with van der Waals surface area (Å²) >= 11 is 3.50. The molecular weight excluding hydrogens is 457 g/mol. The highest BCUT2D eigenvalue weighted by atomic mass is 127. The maximum absolute atomic E-state index is 5.40. The van der Waals surface area contributed by atoms with E-state index in [1.165, 1.54) is 25.7 Å². The second kappa shape index (κ2) is 10.3. The number of methoxy groups -OCH3 is 1. The van der Waals surface area contributed by atoms with Crippen molar-refractivity contribution in [2.24, 2.45) is 4.99 Å². The minimum absolute atomic E-state index is 0. The molecule has 6 heteroatoms. The lowest BCUT2D eigenvalue weighted by Crippen LogP contribution is -2.42. The van der Waals surface area contributed by atoms with Crippen LogP contribution in [0.25, 0.3) is 0 Å². The molecule has 0 amide bonds. The molecule has 0 aliphatic heterocycles. The van der Waals surface area contributed by atoms with Crippen molar-refractivity contribution in [3.05, 3.63) is 28.2 Å². The molecule has 0 heterocycles. The van der Waals surface area contributed by atoms with Crippen molar-refractivity contribution < 1.29 is 4.74 Å². The number of halogens is 2. The molecule has 1 aliphatic carbocycles. The normalized spacial score (nSPS) is 15.3. The Kier molecular flexibility index (Phi) is 9.16. The first-order valence-electron chi connectivity index (χ1n) is 7.60. The van der Waals surface area contributed by atoms with Crippen LogP contribution in [0.3, 0.4) is 0 Å². The van der Waals surface area contributed by atoms with Gasteiger partial charge in [-0.25, -0.2) is 4.99 Å². The molecule has 0 unspecified atom stereocenters. The second-order valence-corrected chi connectivity index (χ2v) is 6.19. The Morgan fingerprint density at radius 1 is 1.36 bits per heavy atom. The number of aliphatic imine (C=N–C) groups is 1. The summed E-state index contributed by atoms with van der Waals surface area (Å²) in [6, 6.07) is 6.56. The van der Waals surface area contributed by atoms with E-state index in [9.17, 15) is 0 Å². The standard InChI is InChI=1S/C16H24BrN3O.HI/c1-3-18-16(20-14-6-4-5-7-14)19-11-12-10-13(17)8-9-15(12)21-2;/h8-10,14H,3-7,11H2,1-2H3,(H2,18,19,20);1H. The molecule has 0 aromatic heterocycles. The van der Waals surface area contributed by atoms with E-state index in [4.69, 9.17) is 9.73 Å². The van der Waals surface area contributed by atoms with Crippen molar-refractivity contribution in [2.75, 3.05) is 13.7 Å². The summed E-state index contributed by atoms with van der Waals surface area (Å²) in [7, 11) is 1.69. The van der Waals surface area contributed by atoms with Gasteiger partial charge in [0.15, 0.2) is 5.96 Å². The van der Waals surface area contributed by atoms with E-state index in [1.807, 2.05) is 12.1 Å². The highest BCUT2D eigenvalue weighted by molar-refractivity contribution is 14.0. The minimum Gasteiger partial charge on any atom is -0.496 e. The maximum atomic E-state index is 5.40. The molecule has 1 aliphatic rings. The first-order valence-corrected chi connectivity index (χ1v) is 8.39. The van der Waals surface area contributed by atoms with E-state index < -0.39 is 0 Å². The third-order valence-electron chi connectivity index (χ3n) is 3.69. The topological polar surface area (TPSA) is 45.7 Å². The van der Waals surface area contributed by atoms with Crippen LogP contribution in [-0.4, -0.2) is 25.7 Å². The summed E-state index contributed by atoms with van der Waals surface area (Å²) in [4.78, 5) is 4.69. The first kappa shape index (κ1) is 19.5. The van der Waals surface area contributed by atoms with Gasteiger partial charge in [-0.1, -0.05) is 28.8 Å². The summed E-state index contributed by atoms with van der Waals surface area (Å²) in [5.41, 5.74) is 1.08. The summed E-state index contributed by atoms with van der Waals surface area (Å²) < 4.78 is 6.44. The average molecular weight is 482 g/mol. The van der Waals surface area contributed by atoms with Crippen LogP contribution in [-0.2, 0) is 6.54 Å². The van der Waals surface area contributed by atoms with E-state index in [0.717, 1.165) is 28.3 Å². The Balaban J connectivity index is 0.00000242. The number of hydrogen-bond donors (Lipinski definition) is 2. The van der Waals surface area contributed by atoms with Crippen molar-refractivity contribution in [2.45, 2.75) is 45.2 Å². The smallest absolute Gasteiger partial charge is 0.191 e. The first-order chi connectivity index (χ1) is 10.2. The van der Waals surface area contributed by atoms with Gasteiger partial charge in [0, 0.05) is 22.6 Å². The fourth-order valence-electron chi connectivity index (χ4n) is 2.62. The lowest BCUT2D eigenvalue weighted by Gasteiger charge is -2.17. The zero-order valence-corrected chi connectivity index (χ0v) is 17.1. The molecule has 0 spiro atoms. The molecular formula is C16H25BrIN3O. The molecule has 0 bridgehead atoms. The van der Waals surface area contributed by atoms with Gasteiger partial charge in [0.2, 0.25) is 0 Å². The van der Waals surface area contributed by atoms with Gasteiger partial charge in [0.25, 0.3) is 0 Å². The number of nitrogens with zero attached hydrogens (tertiary/aromatic N) is 1. The van der Waals surface area contributed by atoms with E-state index in [-0.39, 0.29) is 24.0 Å². The predicted octanol–water partition coefficient (Wildman–Crippen LogP) is 4.07. The summed E-state index contributed by atoms with van der Waals surface area (Å²) in [6.07, 6.45) is 5.11. The lowest BCUT2D eigenvalue weighted by molar-refractivity contribution is 0.409. The third kappa shape index (κ3) is 5.95. The van der Waals surface area contributed by atoms with Crippen LogP contribution in [0.2, 0.25) is 0 Å². The van der Waals surface area contributed by atoms with Crippen molar-refractivity contribution in [1.29, 1.82) is 0 Å². The summed E-state index contributed by atoms with van der Waals surface area (Å²) in [5, 5.41) is 6.84. The number of nitrogens with one attached hydrogen (secondary N) is 2. The molecule has 1 aromatic rings. The van der Waals surface area contributed by atoms with Crippen LogP contribution in [0, 0.1) is 0 Å². The van der Waals surface area contributed by atoms with Gasteiger partial charge >= 0.3 is 0 Å². The Morgan fingerprint density at radius 2 is 2.09 bits per heavy atom. The lowest BCUT2D eigenvalue weighted by atomic mass is 10.2. The minimum atomic E-state index is 0. The molecule has 0 saturated heterocycles. The third-order valence-corrected chi connectivity index (χ3v) is 4.18. The van der Waals surface area contributed by atoms with Crippen LogP contribution < -0.4 is 15.4 Å². The molecule has 1 fully saturated rings. The monoisotopic (exact) mass is 481 g/mol. The average Bonchev–Trinajstić information content (AvgIpc) is 2.98. The van der Waals surface area contributed by atoms with E-state index >= 15 is 0 Å². The highest BCUT2D eigenvalue weighted by Gasteiger charge is 2.15.